The molecule has 0 saturated carbocycles. The van der Waals surface area contributed by atoms with Crippen LogP contribution in [0.1, 0.15) is 29.1 Å². The minimum absolute atomic E-state index is 0.120. The summed E-state index contributed by atoms with van der Waals surface area (Å²) < 4.78 is 4.93. The van der Waals surface area contributed by atoms with E-state index in [1.54, 1.807) is 6.07 Å². The van der Waals surface area contributed by atoms with Gasteiger partial charge in [0.15, 0.2) is 5.76 Å². The lowest BCUT2D eigenvalue weighted by molar-refractivity contribution is -0.125. The zero-order chi connectivity index (χ0) is 19.9. The topological polar surface area (TPSA) is 100 Å². The number of rotatable bonds is 7. The Hall–Kier alpha value is -3.61. The first-order valence-corrected chi connectivity index (χ1v) is 8.90. The third kappa shape index (κ3) is 4.76. The Kier molecular flexibility index (Phi) is 6.06. The van der Waals surface area contributed by atoms with Gasteiger partial charge in [-0.25, -0.2) is 0 Å². The van der Waals surface area contributed by atoms with E-state index in [0.29, 0.717) is 0 Å². The Morgan fingerprint density at radius 2 is 1.64 bits per heavy atom. The predicted octanol–water partition coefficient (Wildman–Crippen LogP) is 2.16. The van der Waals surface area contributed by atoms with Crippen molar-refractivity contribution in [2.24, 2.45) is 0 Å². The highest BCUT2D eigenvalue weighted by molar-refractivity contribution is 5.94. The second-order valence-corrected chi connectivity index (χ2v) is 6.29. The fraction of sp³-hybridized carbons (Fsp3) is 0.190. The molecule has 7 nitrogen and oxygen atoms in total. The summed E-state index contributed by atoms with van der Waals surface area (Å²) >= 11 is 0. The molecule has 7 heteroatoms. The van der Waals surface area contributed by atoms with Gasteiger partial charge < -0.3 is 20.4 Å². The van der Waals surface area contributed by atoms with Gasteiger partial charge in [-0.1, -0.05) is 42.5 Å². The normalized spacial score (nSPS) is 11.6. The first-order chi connectivity index (χ1) is 13.5. The smallest absolute Gasteiger partial charge is 0.287 e. The molecule has 3 N–H and O–H groups in total. The second kappa shape index (κ2) is 8.85. The summed E-state index contributed by atoms with van der Waals surface area (Å²) in [7, 11) is 0. The lowest BCUT2D eigenvalue weighted by Gasteiger charge is -2.17. The molecule has 0 saturated heterocycles. The average Bonchev–Trinajstić information content (AvgIpc) is 3.25. The van der Waals surface area contributed by atoms with E-state index >= 15 is 0 Å². The van der Waals surface area contributed by atoms with Crippen molar-refractivity contribution in [3.05, 3.63) is 72.2 Å². The van der Waals surface area contributed by atoms with E-state index in [2.05, 4.69) is 16.0 Å². The van der Waals surface area contributed by atoms with Crippen molar-refractivity contribution in [2.45, 2.75) is 13.0 Å². The van der Waals surface area contributed by atoms with E-state index in [1.807, 2.05) is 49.4 Å². The number of fused-ring (bicyclic) bond motifs is 1. The molecule has 3 rings (SSSR count). The van der Waals surface area contributed by atoms with Crippen LogP contribution in [0.3, 0.4) is 0 Å². The van der Waals surface area contributed by atoms with E-state index < -0.39 is 11.8 Å². The first kappa shape index (κ1) is 19.2. The quantitative estimate of drug-likeness (QED) is 0.586. The highest BCUT2D eigenvalue weighted by Crippen LogP contribution is 2.23. The molecule has 1 aromatic heterocycles. The minimum atomic E-state index is -0.492. The summed E-state index contributed by atoms with van der Waals surface area (Å²) in [5, 5.41) is 9.95. The van der Waals surface area contributed by atoms with Gasteiger partial charge in [0.05, 0.1) is 25.4 Å². The fourth-order valence-electron chi connectivity index (χ4n) is 2.90. The predicted molar refractivity (Wildman–Crippen MR) is 105 cm³/mol. The molecule has 1 atom stereocenters. The van der Waals surface area contributed by atoms with Crippen LogP contribution >= 0.6 is 0 Å². The molecular weight excluding hydrogens is 358 g/mol. The van der Waals surface area contributed by atoms with Gasteiger partial charge in [-0.2, -0.15) is 0 Å². The SMILES string of the molecule is CC(NC(=O)CNC(=O)CNC(=O)c1ccco1)c1cccc2ccccc12. The van der Waals surface area contributed by atoms with Crippen molar-refractivity contribution >= 4 is 28.5 Å². The van der Waals surface area contributed by atoms with Crippen LogP contribution in [-0.4, -0.2) is 30.8 Å². The Morgan fingerprint density at radius 1 is 0.893 bits per heavy atom. The molecule has 3 aromatic rings. The Morgan fingerprint density at radius 3 is 2.43 bits per heavy atom. The number of hydrogen-bond acceptors (Lipinski definition) is 4. The van der Waals surface area contributed by atoms with Crippen molar-refractivity contribution in [3.63, 3.8) is 0 Å². The monoisotopic (exact) mass is 379 g/mol. The van der Waals surface area contributed by atoms with Gasteiger partial charge in [-0.05, 0) is 35.4 Å². The summed E-state index contributed by atoms with van der Waals surface area (Å²) in [5.74, 6) is -1.15. The number of nitrogens with one attached hydrogen (secondary N) is 3. The molecule has 0 radical (unpaired) electrons. The van der Waals surface area contributed by atoms with Gasteiger partial charge >= 0.3 is 0 Å². The van der Waals surface area contributed by atoms with Crippen LogP contribution in [0.2, 0.25) is 0 Å². The molecular formula is C21H21N3O4. The molecule has 0 aliphatic rings. The molecule has 2 aromatic carbocycles. The van der Waals surface area contributed by atoms with Gasteiger partial charge in [0.2, 0.25) is 11.8 Å². The first-order valence-electron chi connectivity index (χ1n) is 8.90. The number of furan rings is 1. The van der Waals surface area contributed by atoms with Crippen molar-refractivity contribution in [2.75, 3.05) is 13.1 Å². The lowest BCUT2D eigenvalue weighted by atomic mass is 10.00. The van der Waals surface area contributed by atoms with E-state index in [4.69, 9.17) is 4.42 Å². The highest BCUT2D eigenvalue weighted by Gasteiger charge is 2.14. The van der Waals surface area contributed by atoms with Crippen molar-refractivity contribution in [1.29, 1.82) is 0 Å². The minimum Gasteiger partial charge on any atom is -0.459 e. The van der Waals surface area contributed by atoms with Crippen LogP contribution in [0, 0.1) is 0 Å². The Bertz CT molecular complexity index is 977. The van der Waals surface area contributed by atoms with Crippen molar-refractivity contribution in [3.8, 4) is 0 Å². The maximum Gasteiger partial charge on any atom is 0.287 e. The standard InChI is InChI=1S/C21H21N3O4/c1-14(16-9-4-7-15-6-2-3-8-17(15)16)24-20(26)13-22-19(25)12-23-21(27)18-10-5-11-28-18/h2-11,14H,12-13H2,1H3,(H,22,25)(H,23,27)(H,24,26). The summed E-state index contributed by atoms with van der Waals surface area (Å²) in [6.07, 6.45) is 1.37. The van der Waals surface area contributed by atoms with Gasteiger partial charge in [0.25, 0.3) is 5.91 Å². The molecule has 28 heavy (non-hydrogen) atoms. The third-order valence-electron chi connectivity index (χ3n) is 4.27. The zero-order valence-corrected chi connectivity index (χ0v) is 15.4. The van der Waals surface area contributed by atoms with Crippen molar-refractivity contribution < 1.29 is 18.8 Å². The summed E-state index contributed by atoms with van der Waals surface area (Å²) in [6, 6.07) is 16.7. The van der Waals surface area contributed by atoms with Crippen LogP contribution in [0.5, 0.6) is 0 Å². The molecule has 3 amide bonds. The maximum absolute atomic E-state index is 12.2. The van der Waals surface area contributed by atoms with Crippen LogP contribution in [0.25, 0.3) is 10.8 Å². The number of benzene rings is 2. The van der Waals surface area contributed by atoms with Gasteiger partial charge in [0, 0.05) is 0 Å². The molecule has 144 valence electrons. The lowest BCUT2D eigenvalue weighted by Crippen LogP contribution is -2.42. The summed E-state index contributed by atoms with van der Waals surface area (Å²) in [4.78, 5) is 35.7. The zero-order valence-electron chi connectivity index (χ0n) is 15.4. The number of carbonyl (C=O) groups excluding carboxylic acids is 3. The molecule has 0 aliphatic carbocycles. The summed E-state index contributed by atoms with van der Waals surface area (Å²) in [5.41, 5.74) is 1.00. The third-order valence-corrected chi connectivity index (χ3v) is 4.27. The molecule has 0 bridgehead atoms. The number of amides is 3. The highest BCUT2D eigenvalue weighted by atomic mass is 16.3. The van der Waals surface area contributed by atoms with E-state index in [9.17, 15) is 14.4 Å². The van der Waals surface area contributed by atoms with Gasteiger partial charge in [-0.3, -0.25) is 14.4 Å². The largest absolute Gasteiger partial charge is 0.459 e. The van der Waals surface area contributed by atoms with Crippen LogP contribution in [-0.2, 0) is 9.59 Å². The molecule has 1 unspecified atom stereocenters. The average molecular weight is 379 g/mol. The Balaban J connectivity index is 1.47. The molecule has 1 heterocycles. The molecule has 0 fully saturated rings. The second-order valence-electron chi connectivity index (χ2n) is 6.29. The maximum atomic E-state index is 12.2. The molecule has 0 spiro atoms. The van der Waals surface area contributed by atoms with Crippen LogP contribution in [0.15, 0.2) is 65.3 Å². The number of carbonyl (C=O) groups is 3. The van der Waals surface area contributed by atoms with Gasteiger partial charge in [0.1, 0.15) is 0 Å². The van der Waals surface area contributed by atoms with Crippen LogP contribution in [0.4, 0.5) is 0 Å². The van der Waals surface area contributed by atoms with E-state index in [-0.39, 0.29) is 30.8 Å². The van der Waals surface area contributed by atoms with Crippen LogP contribution < -0.4 is 16.0 Å². The molecule has 0 aliphatic heterocycles. The fourth-order valence-corrected chi connectivity index (χ4v) is 2.90. The van der Waals surface area contributed by atoms with E-state index in [1.165, 1.54) is 12.3 Å². The Labute approximate surface area is 162 Å². The van der Waals surface area contributed by atoms with Gasteiger partial charge in [-0.15, -0.1) is 0 Å². The van der Waals surface area contributed by atoms with Crippen molar-refractivity contribution in [1.82, 2.24) is 16.0 Å². The summed E-state index contributed by atoms with van der Waals surface area (Å²) in [6.45, 7) is 1.47. The van der Waals surface area contributed by atoms with E-state index in [0.717, 1.165) is 16.3 Å². The number of hydrogen-bond donors (Lipinski definition) is 3.